The molecule has 3 heteroatoms. The van der Waals surface area contributed by atoms with Gasteiger partial charge in [-0.05, 0) is 68.5 Å². The standard InChI is InChI=1S/C24H27N3/c1-3-27-17-23(22-13-19(15-25)9-12-24(22)27)20-10-11-21(14-20)26(2)16-18-7-5-4-6-8-18/h4-9,12-13,17,20-21H,3,10-11,14,16H2,1-2H3. The zero-order valence-electron chi connectivity index (χ0n) is 16.2. The van der Waals surface area contributed by atoms with E-state index in [1.54, 1.807) is 0 Å². The van der Waals surface area contributed by atoms with Gasteiger partial charge in [-0.1, -0.05) is 30.3 Å². The second kappa shape index (κ2) is 7.58. The predicted octanol–water partition coefficient (Wildman–Crippen LogP) is 5.30. The fourth-order valence-corrected chi connectivity index (χ4v) is 4.62. The van der Waals surface area contributed by atoms with Gasteiger partial charge in [0.1, 0.15) is 0 Å². The van der Waals surface area contributed by atoms with Gasteiger partial charge in [-0.3, -0.25) is 4.90 Å². The van der Waals surface area contributed by atoms with Crippen LogP contribution in [0.25, 0.3) is 10.9 Å². The van der Waals surface area contributed by atoms with Crippen LogP contribution in [-0.2, 0) is 13.1 Å². The van der Waals surface area contributed by atoms with Crippen LogP contribution >= 0.6 is 0 Å². The Balaban J connectivity index is 1.56. The van der Waals surface area contributed by atoms with Crippen molar-refractivity contribution in [1.29, 1.82) is 5.26 Å². The predicted molar refractivity (Wildman–Crippen MR) is 111 cm³/mol. The van der Waals surface area contributed by atoms with Crippen molar-refractivity contribution >= 4 is 10.9 Å². The number of benzene rings is 2. The van der Waals surface area contributed by atoms with Gasteiger partial charge in [0.15, 0.2) is 0 Å². The molecule has 3 aromatic rings. The molecule has 1 heterocycles. The average molecular weight is 358 g/mol. The summed E-state index contributed by atoms with van der Waals surface area (Å²) in [6.07, 6.45) is 5.99. The van der Waals surface area contributed by atoms with Crippen molar-refractivity contribution in [3.05, 3.63) is 71.4 Å². The summed E-state index contributed by atoms with van der Waals surface area (Å²) in [5, 5.41) is 10.6. The summed E-state index contributed by atoms with van der Waals surface area (Å²) in [5.41, 5.74) is 4.82. The first-order valence-electron chi connectivity index (χ1n) is 9.96. The first-order valence-corrected chi connectivity index (χ1v) is 9.96. The molecule has 0 spiro atoms. The van der Waals surface area contributed by atoms with Crippen LogP contribution in [0, 0.1) is 11.3 Å². The molecule has 27 heavy (non-hydrogen) atoms. The molecule has 138 valence electrons. The molecule has 2 unspecified atom stereocenters. The van der Waals surface area contributed by atoms with Gasteiger partial charge in [-0.15, -0.1) is 0 Å². The van der Waals surface area contributed by atoms with Gasteiger partial charge < -0.3 is 4.57 Å². The van der Waals surface area contributed by atoms with Crippen molar-refractivity contribution in [1.82, 2.24) is 9.47 Å². The zero-order valence-corrected chi connectivity index (χ0v) is 16.2. The number of hydrogen-bond donors (Lipinski definition) is 0. The highest BCUT2D eigenvalue weighted by Crippen LogP contribution is 2.40. The fraction of sp³-hybridized carbons (Fsp3) is 0.375. The molecule has 1 saturated carbocycles. The van der Waals surface area contributed by atoms with Crippen molar-refractivity contribution in [3.8, 4) is 6.07 Å². The van der Waals surface area contributed by atoms with E-state index >= 15 is 0 Å². The molecular formula is C24H27N3. The van der Waals surface area contributed by atoms with Gasteiger partial charge in [-0.25, -0.2) is 0 Å². The maximum absolute atomic E-state index is 9.31. The molecule has 1 fully saturated rings. The van der Waals surface area contributed by atoms with E-state index in [-0.39, 0.29) is 0 Å². The van der Waals surface area contributed by atoms with Crippen LogP contribution in [0.1, 0.15) is 48.8 Å². The summed E-state index contributed by atoms with van der Waals surface area (Å²) in [4.78, 5) is 2.51. The lowest BCUT2D eigenvalue weighted by Crippen LogP contribution is -2.28. The van der Waals surface area contributed by atoms with Crippen molar-refractivity contribution in [2.45, 2.75) is 51.2 Å². The lowest BCUT2D eigenvalue weighted by atomic mass is 9.96. The molecule has 1 aliphatic rings. The summed E-state index contributed by atoms with van der Waals surface area (Å²) < 4.78 is 2.33. The number of nitriles is 1. The van der Waals surface area contributed by atoms with Gasteiger partial charge in [-0.2, -0.15) is 5.26 Å². The van der Waals surface area contributed by atoms with Crippen LogP contribution in [0.4, 0.5) is 0 Å². The Bertz CT molecular complexity index is 964. The van der Waals surface area contributed by atoms with Gasteiger partial charge in [0.05, 0.1) is 11.6 Å². The lowest BCUT2D eigenvalue weighted by molar-refractivity contribution is 0.235. The Morgan fingerprint density at radius 1 is 1.15 bits per heavy atom. The Labute approximate surface area is 161 Å². The summed E-state index contributed by atoms with van der Waals surface area (Å²) in [6.45, 7) is 4.16. The Morgan fingerprint density at radius 3 is 2.70 bits per heavy atom. The highest BCUT2D eigenvalue weighted by atomic mass is 15.1. The number of aryl methyl sites for hydroxylation is 1. The summed E-state index contributed by atoms with van der Waals surface area (Å²) in [7, 11) is 2.25. The molecule has 1 aromatic heterocycles. The third-order valence-electron chi connectivity index (χ3n) is 6.12. The largest absolute Gasteiger partial charge is 0.347 e. The number of hydrogen-bond acceptors (Lipinski definition) is 2. The second-order valence-corrected chi connectivity index (χ2v) is 7.78. The van der Waals surface area contributed by atoms with Gasteiger partial charge >= 0.3 is 0 Å². The van der Waals surface area contributed by atoms with Crippen molar-refractivity contribution < 1.29 is 0 Å². The Kier molecular flexibility index (Phi) is 5.01. The van der Waals surface area contributed by atoms with Crippen LogP contribution in [0.2, 0.25) is 0 Å². The fourth-order valence-electron chi connectivity index (χ4n) is 4.62. The molecular weight excluding hydrogens is 330 g/mol. The molecule has 3 nitrogen and oxygen atoms in total. The molecule has 1 aliphatic carbocycles. The van der Waals surface area contributed by atoms with E-state index in [4.69, 9.17) is 0 Å². The normalized spacial score (nSPS) is 19.6. The number of rotatable bonds is 5. The van der Waals surface area contributed by atoms with E-state index in [0.717, 1.165) is 18.7 Å². The number of fused-ring (bicyclic) bond motifs is 1. The van der Waals surface area contributed by atoms with Gasteiger partial charge in [0.2, 0.25) is 0 Å². The van der Waals surface area contributed by atoms with Crippen molar-refractivity contribution in [2.24, 2.45) is 0 Å². The Morgan fingerprint density at radius 2 is 1.96 bits per heavy atom. The molecule has 0 radical (unpaired) electrons. The number of nitrogens with zero attached hydrogens (tertiary/aromatic N) is 3. The summed E-state index contributed by atoms with van der Waals surface area (Å²) in [5.74, 6) is 0.581. The minimum Gasteiger partial charge on any atom is -0.347 e. The van der Waals surface area contributed by atoms with E-state index in [9.17, 15) is 5.26 Å². The maximum Gasteiger partial charge on any atom is 0.0991 e. The van der Waals surface area contributed by atoms with Crippen molar-refractivity contribution in [3.63, 3.8) is 0 Å². The molecule has 2 atom stereocenters. The average Bonchev–Trinajstić information content (AvgIpc) is 3.33. The van der Waals surface area contributed by atoms with Gasteiger partial charge in [0, 0.05) is 36.2 Å². The van der Waals surface area contributed by atoms with Crippen LogP contribution in [-0.4, -0.2) is 22.6 Å². The Hall–Kier alpha value is -2.57. The van der Waals surface area contributed by atoms with Crippen LogP contribution in [0.15, 0.2) is 54.7 Å². The van der Waals surface area contributed by atoms with Crippen molar-refractivity contribution in [2.75, 3.05) is 7.05 Å². The summed E-state index contributed by atoms with van der Waals surface area (Å²) in [6, 6.07) is 19.8. The van der Waals surface area contributed by atoms with E-state index in [2.05, 4.69) is 78.2 Å². The highest BCUT2D eigenvalue weighted by molar-refractivity contribution is 5.86. The third-order valence-corrected chi connectivity index (χ3v) is 6.12. The van der Waals surface area contributed by atoms with E-state index in [0.29, 0.717) is 12.0 Å². The van der Waals surface area contributed by atoms with E-state index in [1.807, 2.05) is 6.07 Å². The minimum absolute atomic E-state index is 0.581. The van der Waals surface area contributed by atoms with E-state index in [1.165, 1.54) is 41.3 Å². The SMILES string of the molecule is CCn1cc(C2CCC(N(C)Cc3ccccc3)C2)c2cc(C#N)ccc21. The molecule has 4 rings (SSSR count). The summed E-state index contributed by atoms with van der Waals surface area (Å²) >= 11 is 0. The molecule has 0 bridgehead atoms. The zero-order chi connectivity index (χ0) is 18.8. The van der Waals surface area contributed by atoms with E-state index < -0.39 is 0 Å². The highest BCUT2D eigenvalue weighted by Gasteiger charge is 2.30. The molecule has 0 amide bonds. The van der Waals surface area contributed by atoms with Crippen LogP contribution in [0.5, 0.6) is 0 Å². The third kappa shape index (κ3) is 3.50. The maximum atomic E-state index is 9.31. The first kappa shape index (κ1) is 17.8. The van der Waals surface area contributed by atoms with Crippen LogP contribution in [0.3, 0.4) is 0 Å². The first-order chi connectivity index (χ1) is 13.2. The molecule has 0 saturated heterocycles. The van der Waals surface area contributed by atoms with Crippen LogP contribution < -0.4 is 0 Å². The lowest BCUT2D eigenvalue weighted by Gasteiger charge is -2.24. The quantitative estimate of drug-likeness (QED) is 0.620. The topological polar surface area (TPSA) is 32.0 Å². The number of aromatic nitrogens is 1. The molecule has 2 aromatic carbocycles. The molecule has 0 N–H and O–H groups in total. The molecule has 0 aliphatic heterocycles. The second-order valence-electron chi connectivity index (χ2n) is 7.78. The minimum atomic E-state index is 0.581. The van der Waals surface area contributed by atoms with Gasteiger partial charge in [0.25, 0.3) is 0 Å². The monoisotopic (exact) mass is 357 g/mol. The smallest absolute Gasteiger partial charge is 0.0991 e.